The van der Waals surface area contributed by atoms with Gasteiger partial charge in [0.25, 0.3) is 0 Å². The van der Waals surface area contributed by atoms with Crippen LogP contribution in [-0.4, -0.2) is 39.3 Å². The van der Waals surface area contributed by atoms with Gasteiger partial charge in [0.1, 0.15) is 11.8 Å². The maximum Gasteiger partial charge on any atom is 0.238 e. The Kier molecular flexibility index (Phi) is 5.98. The molecule has 1 saturated heterocycles. The highest BCUT2D eigenvalue weighted by molar-refractivity contribution is 5.82. The predicted molar refractivity (Wildman–Crippen MR) is 79.9 cm³/mol. The number of carbonyl (C=O) groups is 1. The van der Waals surface area contributed by atoms with Gasteiger partial charge in [-0.1, -0.05) is 12.1 Å². The Morgan fingerprint density at radius 1 is 1.29 bits per heavy atom. The van der Waals surface area contributed by atoms with Crippen molar-refractivity contribution >= 4 is 5.91 Å². The molecule has 0 radical (unpaired) electrons. The molecule has 0 saturated carbocycles. The van der Waals surface area contributed by atoms with Gasteiger partial charge in [0.2, 0.25) is 5.91 Å². The van der Waals surface area contributed by atoms with Crippen molar-refractivity contribution in [3.63, 3.8) is 0 Å². The molecule has 6 heteroatoms. The first-order chi connectivity index (χ1) is 10.2. The van der Waals surface area contributed by atoms with E-state index >= 15 is 0 Å². The van der Waals surface area contributed by atoms with Gasteiger partial charge in [-0.15, -0.1) is 0 Å². The number of benzene rings is 1. The number of hydrogen-bond donors (Lipinski definition) is 3. The molecule has 1 aromatic carbocycles. The maximum absolute atomic E-state index is 12.0. The summed E-state index contributed by atoms with van der Waals surface area (Å²) >= 11 is 0. The molecule has 1 amide bonds. The Labute approximate surface area is 125 Å². The van der Waals surface area contributed by atoms with Gasteiger partial charge in [-0.2, -0.15) is 0 Å². The quantitative estimate of drug-likeness (QED) is 0.647. The smallest absolute Gasteiger partial charge is 0.238 e. The Morgan fingerprint density at radius 3 is 2.71 bits per heavy atom. The summed E-state index contributed by atoms with van der Waals surface area (Å²) in [7, 11) is 3.30. The standard InChI is InChI=1S/C15H23N3O3/c1-20-9-3-8-16-15(19)14-10-13(17-18-14)11-4-6-12(21-2)7-5-11/h4-7,13-14,17-18H,3,8-10H2,1-2H3,(H,16,19). The summed E-state index contributed by atoms with van der Waals surface area (Å²) < 4.78 is 10.1. The first-order valence-electron chi connectivity index (χ1n) is 7.16. The molecule has 2 atom stereocenters. The Hall–Kier alpha value is -1.63. The highest BCUT2D eigenvalue weighted by atomic mass is 16.5. The zero-order valence-corrected chi connectivity index (χ0v) is 12.5. The van der Waals surface area contributed by atoms with Gasteiger partial charge >= 0.3 is 0 Å². The fourth-order valence-corrected chi connectivity index (χ4v) is 2.33. The van der Waals surface area contributed by atoms with Crippen molar-refractivity contribution in [2.75, 3.05) is 27.4 Å². The molecule has 1 heterocycles. The van der Waals surface area contributed by atoms with E-state index in [1.165, 1.54) is 0 Å². The molecule has 0 aromatic heterocycles. The van der Waals surface area contributed by atoms with Crippen LogP contribution in [0, 0.1) is 0 Å². The minimum absolute atomic E-state index is 0.0228. The molecule has 3 N–H and O–H groups in total. The van der Waals surface area contributed by atoms with E-state index < -0.39 is 0 Å². The summed E-state index contributed by atoms with van der Waals surface area (Å²) in [6.45, 7) is 1.29. The van der Waals surface area contributed by atoms with Gasteiger partial charge in [-0.3, -0.25) is 4.79 Å². The number of hydrazine groups is 1. The maximum atomic E-state index is 12.0. The lowest BCUT2D eigenvalue weighted by atomic mass is 10.0. The molecular formula is C15H23N3O3. The normalized spacial score (nSPS) is 21.2. The number of nitrogens with one attached hydrogen (secondary N) is 3. The number of ether oxygens (including phenoxy) is 2. The van der Waals surface area contributed by atoms with Crippen molar-refractivity contribution in [2.45, 2.75) is 24.9 Å². The van der Waals surface area contributed by atoms with Crippen molar-refractivity contribution in [2.24, 2.45) is 0 Å². The molecule has 1 fully saturated rings. The lowest BCUT2D eigenvalue weighted by Gasteiger charge is -2.11. The van der Waals surface area contributed by atoms with E-state index in [1.807, 2.05) is 24.3 Å². The van der Waals surface area contributed by atoms with Gasteiger partial charge in [0.05, 0.1) is 7.11 Å². The van der Waals surface area contributed by atoms with Crippen LogP contribution >= 0.6 is 0 Å². The van der Waals surface area contributed by atoms with Gasteiger partial charge < -0.3 is 14.8 Å². The monoisotopic (exact) mass is 293 g/mol. The third-order valence-corrected chi connectivity index (χ3v) is 3.56. The zero-order valence-electron chi connectivity index (χ0n) is 12.5. The third-order valence-electron chi connectivity index (χ3n) is 3.56. The van der Waals surface area contributed by atoms with Crippen molar-refractivity contribution in [3.05, 3.63) is 29.8 Å². The highest BCUT2D eigenvalue weighted by Gasteiger charge is 2.29. The SMILES string of the molecule is COCCCNC(=O)C1CC(c2ccc(OC)cc2)NN1. The van der Waals surface area contributed by atoms with Crippen molar-refractivity contribution < 1.29 is 14.3 Å². The summed E-state index contributed by atoms with van der Waals surface area (Å²) in [5.41, 5.74) is 7.35. The molecule has 2 unspecified atom stereocenters. The molecule has 21 heavy (non-hydrogen) atoms. The first-order valence-corrected chi connectivity index (χ1v) is 7.16. The third kappa shape index (κ3) is 4.42. The number of amides is 1. The van der Waals surface area contributed by atoms with E-state index in [4.69, 9.17) is 9.47 Å². The lowest BCUT2D eigenvalue weighted by Crippen LogP contribution is -2.43. The van der Waals surface area contributed by atoms with Crippen LogP contribution in [0.3, 0.4) is 0 Å². The number of methoxy groups -OCH3 is 2. The molecule has 0 aliphatic carbocycles. The van der Waals surface area contributed by atoms with Crippen molar-refractivity contribution in [1.82, 2.24) is 16.2 Å². The van der Waals surface area contributed by atoms with Crippen LogP contribution in [0.25, 0.3) is 0 Å². The second kappa shape index (κ2) is 7.97. The lowest BCUT2D eigenvalue weighted by molar-refractivity contribution is -0.122. The molecule has 0 spiro atoms. The van der Waals surface area contributed by atoms with Crippen LogP contribution < -0.4 is 20.9 Å². The van der Waals surface area contributed by atoms with Gasteiger partial charge in [0, 0.05) is 26.3 Å². The Morgan fingerprint density at radius 2 is 2.05 bits per heavy atom. The highest BCUT2D eigenvalue weighted by Crippen LogP contribution is 2.24. The molecule has 1 aliphatic rings. The van der Waals surface area contributed by atoms with E-state index in [0.29, 0.717) is 13.2 Å². The van der Waals surface area contributed by atoms with E-state index in [-0.39, 0.29) is 18.0 Å². The van der Waals surface area contributed by atoms with E-state index in [0.717, 1.165) is 24.2 Å². The van der Waals surface area contributed by atoms with Crippen LogP contribution in [0.4, 0.5) is 0 Å². The number of hydrogen-bond acceptors (Lipinski definition) is 5. The Bertz CT molecular complexity index is 450. The summed E-state index contributed by atoms with van der Waals surface area (Å²) in [6, 6.07) is 7.79. The molecule has 0 bridgehead atoms. The molecule has 6 nitrogen and oxygen atoms in total. The summed E-state index contributed by atoms with van der Waals surface area (Å²) in [6.07, 6.45) is 1.55. The summed E-state index contributed by atoms with van der Waals surface area (Å²) in [5.74, 6) is 0.853. The largest absolute Gasteiger partial charge is 0.497 e. The number of carbonyl (C=O) groups excluding carboxylic acids is 1. The summed E-state index contributed by atoms with van der Waals surface area (Å²) in [4.78, 5) is 12.0. The minimum atomic E-state index is -0.209. The van der Waals surface area contributed by atoms with Crippen LogP contribution in [0.15, 0.2) is 24.3 Å². The second-order valence-corrected chi connectivity index (χ2v) is 5.04. The first kappa shape index (κ1) is 15.8. The van der Waals surface area contributed by atoms with E-state index in [2.05, 4.69) is 16.2 Å². The van der Waals surface area contributed by atoms with Gasteiger partial charge in [0.15, 0.2) is 0 Å². The predicted octanol–water partition coefficient (Wildman–Crippen LogP) is 0.756. The molecule has 2 rings (SSSR count). The van der Waals surface area contributed by atoms with E-state index in [1.54, 1.807) is 14.2 Å². The van der Waals surface area contributed by atoms with Crippen LogP contribution in [-0.2, 0) is 9.53 Å². The summed E-state index contributed by atoms with van der Waals surface area (Å²) in [5, 5.41) is 2.91. The van der Waals surface area contributed by atoms with Gasteiger partial charge in [-0.25, -0.2) is 10.9 Å². The minimum Gasteiger partial charge on any atom is -0.497 e. The molecule has 1 aromatic rings. The number of rotatable bonds is 7. The topological polar surface area (TPSA) is 71.6 Å². The average Bonchev–Trinajstić information content (AvgIpc) is 3.01. The Balaban J connectivity index is 1.80. The van der Waals surface area contributed by atoms with Crippen molar-refractivity contribution in [1.29, 1.82) is 0 Å². The average molecular weight is 293 g/mol. The van der Waals surface area contributed by atoms with Crippen molar-refractivity contribution in [3.8, 4) is 5.75 Å². The van der Waals surface area contributed by atoms with Crippen LogP contribution in [0.1, 0.15) is 24.4 Å². The second-order valence-electron chi connectivity index (χ2n) is 5.04. The van der Waals surface area contributed by atoms with Crippen LogP contribution in [0.5, 0.6) is 5.75 Å². The van der Waals surface area contributed by atoms with Gasteiger partial charge in [-0.05, 0) is 30.5 Å². The zero-order chi connectivity index (χ0) is 15.1. The molecule has 116 valence electrons. The van der Waals surface area contributed by atoms with E-state index in [9.17, 15) is 4.79 Å². The molecule has 1 aliphatic heterocycles. The molecular weight excluding hydrogens is 270 g/mol. The van der Waals surface area contributed by atoms with Crippen LogP contribution in [0.2, 0.25) is 0 Å². The fourth-order valence-electron chi connectivity index (χ4n) is 2.33. The fraction of sp³-hybridized carbons (Fsp3) is 0.533.